The number of halogens is 1. The van der Waals surface area contributed by atoms with Gasteiger partial charge in [0.25, 0.3) is 0 Å². The van der Waals surface area contributed by atoms with Crippen LogP contribution in [0.1, 0.15) is 12.0 Å². The Bertz CT molecular complexity index is 1180. The molecular weight excluding hydrogens is 410 g/mol. The summed E-state index contributed by atoms with van der Waals surface area (Å²) in [6, 6.07) is 25.4. The molecule has 1 aromatic heterocycles. The van der Waals surface area contributed by atoms with Gasteiger partial charge in [-0.25, -0.2) is 9.97 Å². The first-order valence-electron chi connectivity index (χ1n) is 10.1. The number of para-hydroxylation sites is 1. The molecule has 0 saturated heterocycles. The van der Waals surface area contributed by atoms with E-state index >= 15 is 0 Å². The number of aliphatic carboxylic acids is 1. The van der Waals surface area contributed by atoms with Crippen LogP contribution in [-0.4, -0.2) is 34.1 Å². The van der Waals surface area contributed by atoms with Gasteiger partial charge in [0.05, 0.1) is 11.9 Å². The largest absolute Gasteiger partial charge is 0.481 e. The predicted octanol–water partition coefficient (Wildman–Crippen LogP) is 5.47. The van der Waals surface area contributed by atoms with Crippen LogP contribution in [0.4, 0.5) is 5.82 Å². The van der Waals surface area contributed by atoms with Crippen molar-refractivity contribution in [1.82, 2.24) is 9.97 Å². The van der Waals surface area contributed by atoms with Crippen LogP contribution in [0.15, 0.2) is 78.9 Å². The van der Waals surface area contributed by atoms with Crippen molar-refractivity contribution in [3.8, 4) is 11.4 Å². The second-order valence-corrected chi connectivity index (χ2v) is 7.70. The van der Waals surface area contributed by atoms with Crippen LogP contribution in [-0.2, 0) is 11.2 Å². The van der Waals surface area contributed by atoms with Gasteiger partial charge in [-0.15, -0.1) is 0 Å². The van der Waals surface area contributed by atoms with Crippen molar-refractivity contribution in [2.45, 2.75) is 12.8 Å². The highest BCUT2D eigenvalue weighted by Crippen LogP contribution is 2.28. The van der Waals surface area contributed by atoms with E-state index in [0.717, 1.165) is 28.7 Å². The summed E-state index contributed by atoms with van der Waals surface area (Å²) in [7, 11) is 0. The second-order valence-electron chi connectivity index (χ2n) is 7.26. The molecule has 0 saturated carbocycles. The molecule has 31 heavy (non-hydrogen) atoms. The molecule has 0 radical (unpaired) electrons. The van der Waals surface area contributed by atoms with E-state index in [-0.39, 0.29) is 6.42 Å². The highest BCUT2D eigenvalue weighted by atomic mass is 35.5. The monoisotopic (exact) mass is 431 g/mol. The lowest BCUT2D eigenvalue weighted by Crippen LogP contribution is -2.29. The van der Waals surface area contributed by atoms with E-state index in [1.165, 1.54) is 5.56 Å². The van der Waals surface area contributed by atoms with Crippen LogP contribution in [0.5, 0.6) is 0 Å². The van der Waals surface area contributed by atoms with E-state index in [2.05, 4.69) is 12.1 Å². The fourth-order valence-corrected chi connectivity index (χ4v) is 3.62. The Kier molecular flexibility index (Phi) is 6.43. The van der Waals surface area contributed by atoms with E-state index in [4.69, 9.17) is 21.6 Å². The maximum absolute atomic E-state index is 11.3. The summed E-state index contributed by atoms with van der Waals surface area (Å²) in [4.78, 5) is 23.0. The number of aromatic nitrogens is 2. The number of anilines is 1. The number of benzene rings is 3. The lowest BCUT2D eigenvalue weighted by atomic mass is 10.1. The quantitative estimate of drug-likeness (QED) is 0.400. The number of carboxylic acid groups (broad SMARTS) is 1. The predicted molar refractivity (Wildman–Crippen MR) is 125 cm³/mol. The van der Waals surface area contributed by atoms with Gasteiger partial charge in [-0.2, -0.15) is 0 Å². The van der Waals surface area contributed by atoms with Crippen LogP contribution in [0.3, 0.4) is 0 Å². The molecule has 5 nitrogen and oxygen atoms in total. The second kappa shape index (κ2) is 9.58. The third-order valence-corrected chi connectivity index (χ3v) is 5.35. The molecule has 0 aliphatic heterocycles. The molecule has 156 valence electrons. The summed E-state index contributed by atoms with van der Waals surface area (Å²) in [6.07, 6.45) is 0.818. The molecule has 0 aliphatic rings. The Labute approximate surface area is 186 Å². The van der Waals surface area contributed by atoms with Crippen molar-refractivity contribution in [3.63, 3.8) is 0 Å². The third kappa shape index (κ3) is 5.19. The number of hydrogen-bond donors (Lipinski definition) is 1. The Morgan fingerprint density at radius 3 is 2.32 bits per heavy atom. The molecule has 0 spiro atoms. The smallest absolute Gasteiger partial charge is 0.305 e. The molecule has 0 bridgehead atoms. The topological polar surface area (TPSA) is 66.3 Å². The van der Waals surface area contributed by atoms with Crippen molar-refractivity contribution in [2.75, 3.05) is 18.0 Å². The van der Waals surface area contributed by atoms with E-state index in [1.54, 1.807) is 0 Å². The van der Waals surface area contributed by atoms with Gasteiger partial charge in [0.1, 0.15) is 5.82 Å². The fraction of sp³-hybridized carbons (Fsp3) is 0.160. The van der Waals surface area contributed by atoms with Gasteiger partial charge in [0.2, 0.25) is 0 Å². The van der Waals surface area contributed by atoms with Crippen LogP contribution in [0.25, 0.3) is 22.3 Å². The first kappa shape index (κ1) is 20.8. The number of rotatable bonds is 8. The van der Waals surface area contributed by atoms with Crippen molar-refractivity contribution >= 4 is 34.3 Å². The first-order chi connectivity index (χ1) is 15.1. The maximum atomic E-state index is 11.3. The molecule has 0 aliphatic carbocycles. The normalized spacial score (nSPS) is 10.9. The van der Waals surface area contributed by atoms with Gasteiger partial charge in [0.15, 0.2) is 5.82 Å². The molecule has 1 heterocycles. The molecule has 0 unspecified atom stereocenters. The average molecular weight is 432 g/mol. The standard InChI is InChI=1S/C25H22ClN3O2/c26-20-12-10-19(11-13-20)24-27-22-9-5-4-8-21(22)25(28-24)29(17-15-23(30)31)16-14-18-6-2-1-3-7-18/h1-13H,14-17H2,(H,30,31). The van der Waals surface area contributed by atoms with Crippen LogP contribution in [0.2, 0.25) is 5.02 Å². The van der Waals surface area contributed by atoms with Crippen molar-refractivity contribution < 1.29 is 9.90 Å². The van der Waals surface area contributed by atoms with Gasteiger partial charge >= 0.3 is 5.97 Å². The molecule has 0 fully saturated rings. The molecule has 6 heteroatoms. The molecule has 1 N–H and O–H groups in total. The van der Waals surface area contributed by atoms with Gasteiger partial charge < -0.3 is 10.0 Å². The zero-order valence-corrected chi connectivity index (χ0v) is 17.7. The van der Waals surface area contributed by atoms with Crippen LogP contribution < -0.4 is 4.90 Å². The fourth-order valence-electron chi connectivity index (χ4n) is 3.49. The van der Waals surface area contributed by atoms with Crippen molar-refractivity contribution in [2.24, 2.45) is 0 Å². The maximum Gasteiger partial charge on any atom is 0.305 e. The first-order valence-corrected chi connectivity index (χ1v) is 10.5. The van der Waals surface area contributed by atoms with E-state index in [0.29, 0.717) is 23.9 Å². The number of nitrogens with zero attached hydrogens (tertiary/aromatic N) is 3. The van der Waals surface area contributed by atoms with Gasteiger partial charge in [0, 0.05) is 29.1 Å². The summed E-state index contributed by atoms with van der Waals surface area (Å²) >= 11 is 6.04. The Morgan fingerprint density at radius 2 is 1.58 bits per heavy atom. The number of fused-ring (bicyclic) bond motifs is 1. The van der Waals surface area contributed by atoms with Gasteiger partial charge in [-0.3, -0.25) is 4.79 Å². The summed E-state index contributed by atoms with van der Waals surface area (Å²) in [6.45, 7) is 1.02. The summed E-state index contributed by atoms with van der Waals surface area (Å²) in [5.74, 6) is 0.499. The minimum atomic E-state index is -0.832. The van der Waals surface area contributed by atoms with Crippen molar-refractivity contribution in [1.29, 1.82) is 0 Å². The minimum Gasteiger partial charge on any atom is -0.481 e. The Morgan fingerprint density at radius 1 is 0.871 bits per heavy atom. The third-order valence-electron chi connectivity index (χ3n) is 5.09. The number of carboxylic acids is 1. The molecule has 0 amide bonds. The van der Waals surface area contributed by atoms with E-state index in [9.17, 15) is 9.90 Å². The lowest BCUT2D eigenvalue weighted by molar-refractivity contribution is -0.136. The summed E-state index contributed by atoms with van der Waals surface area (Å²) in [5.41, 5.74) is 2.87. The average Bonchev–Trinajstić information content (AvgIpc) is 2.79. The zero-order chi connectivity index (χ0) is 21.6. The SMILES string of the molecule is O=C(O)CCN(CCc1ccccc1)c1nc(-c2ccc(Cl)cc2)nc2ccccc12. The number of hydrogen-bond acceptors (Lipinski definition) is 4. The number of carbonyl (C=O) groups is 1. The summed E-state index contributed by atoms with van der Waals surface area (Å²) in [5, 5.41) is 10.8. The Balaban J connectivity index is 1.75. The zero-order valence-electron chi connectivity index (χ0n) is 16.9. The van der Waals surface area contributed by atoms with Gasteiger partial charge in [-0.05, 0) is 48.4 Å². The molecular formula is C25H22ClN3O2. The van der Waals surface area contributed by atoms with Crippen LogP contribution >= 0.6 is 11.6 Å². The lowest BCUT2D eigenvalue weighted by Gasteiger charge is -2.25. The molecule has 4 aromatic rings. The van der Waals surface area contributed by atoms with E-state index < -0.39 is 5.97 Å². The Hall–Kier alpha value is -3.44. The van der Waals surface area contributed by atoms with Crippen LogP contribution in [0, 0.1) is 0 Å². The molecule has 0 atom stereocenters. The molecule has 3 aromatic carbocycles. The molecule has 4 rings (SSSR count). The summed E-state index contributed by atoms with van der Waals surface area (Å²) < 4.78 is 0. The van der Waals surface area contributed by atoms with Crippen molar-refractivity contribution in [3.05, 3.63) is 89.4 Å². The highest BCUT2D eigenvalue weighted by Gasteiger charge is 2.17. The van der Waals surface area contributed by atoms with Gasteiger partial charge in [-0.1, -0.05) is 54.1 Å². The minimum absolute atomic E-state index is 0.0311. The van der Waals surface area contributed by atoms with E-state index in [1.807, 2.05) is 71.6 Å². The highest BCUT2D eigenvalue weighted by molar-refractivity contribution is 6.30.